The number of carbonyl (C=O) groups excluding carboxylic acids is 1. The first-order valence-electron chi connectivity index (χ1n) is 3.76. The Hall–Kier alpha value is -0.610. The normalized spacial score (nSPS) is 12.6. The second kappa shape index (κ2) is 6.12. The van der Waals surface area contributed by atoms with E-state index in [1.165, 1.54) is 7.11 Å². The van der Waals surface area contributed by atoms with Crippen LogP contribution in [0.5, 0.6) is 0 Å². The van der Waals surface area contributed by atoms with E-state index in [0.29, 0.717) is 6.42 Å². The Labute approximate surface area is 67.1 Å². The lowest BCUT2D eigenvalue weighted by Crippen LogP contribution is -2.34. The standard InChI is InChI=1S/C7H16N2O2/c1-3-9-5-4-6(8)7(10)11-2/h6,9H,3-5,8H2,1-2H3. The summed E-state index contributed by atoms with van der Waals surface area (Å²) in [6, 6.07) is -0.487. The number of methoxy groups -OCH3 is 1. The monoisotopic (exact) mass is 160 g/mol. The number of hydrogen-bond acceptors (Lipinski definition) is 4. The van der Waals surface area contributed by atoms with Gasteiger partial charge >= 0.3 is 5.97 Å². The van der Waals surface area contributed by atoms with Gasteiger partial charge in [-0.3, -0.25) is 4.79 Å². The third-order valence-electron chi connectivity index (χ3n) is 1.39. The molecular formula is C7H16N2O2. The maximum atomic E-state index is 10.7. The van der Waals surface area contributed by atoms with Crippen molar-refractivity contribution in [2.24, 2.45) is 5.73 Å². The minimum absolute atomic E-state index is 0.345. The molecule has 0 bridgehead atoms. The molecule has 1 unspecified atom stereocenters. The predicted molar refractivity (Wildman–Crippen MR) is 43.2 cm³/mol. The maximum Gasteiger partial charge on any atom is 0.322 e. The molecule has 1 atom stereocenters. The number of esters is 1. The van der Waals surface area contributed by atoms with Crippen LogP contribution in [0, 0.1) is 0 Å². The highest BCUT2D eigenvalue weighted by Crippen LogP contribution is 1.88. The lowest BCUT2D eigenvalue weighted by atomic mass is 10.2. The van der Waals surface area contributed by atoms with Gasteiger partial charge in [0.25, 0.3) is 0 Å². The molecule has 0 spiro atoms. The van der Waals surface area contributed by atoms with Crippen LogP contribution in [0.2, 0.25) is 0 Å². The SMILES string of the molecule is CCNCCC(N)C(=O)OC. The first kappa shape index (κ1) is 10.4. The fourth-order valence-corrected chi connectivity index (χ4v) is 0.704. The number of nitrogens with one attached hydrogen (secondary N) is 1. The Balaban J connectivity index is 3.36. The fourth-order valence-electron chi connectivity index (χ4n) is 0.704. The molecule has 0 amide bonds. The average molecular weight is 160 g/mol. The molecular weight excluding hydrogens is 144 g/mol. The van der Waals surface area contributed by atoms with Crippen molar-refractivity contribution >= 4 is 5.97 Å². The van der Waals surface area contributed by atoms with E-state index < -0.39 is 6.04 Å². The van der Waals surface area contributed by atoms with E-state index in [4.69, 9.17) is 5.73 Å². The zero-order valence-electron chi connectivity index (χ0n) is 7.09. The summed E-state index contributed by atoms with van der Waals surface area (Å²) in [4.78, 5) is 10.7. The van der Waals surface area contributed by atoms with Crippen molar-refractivity contribution in [3.63, 3.8) is 0 Å². The van der Waals surface area contributed by atoms with Crippen LogP contribution in [0.25, 0.3) is 0 Å². The molecule has 4 heteroatoms. The largest absolute Gasteiger partial charge is 0.468 e. The van der Waals surface area contributed by atoms with Gasteiger partial charge in [0.2, 0.25) is 0 Å². The summed E-state index contributed by atoms with van der Waals surface area (Å²) in [6.45, 7) is 3.66. The lowest BCUT2D eigenvalue weighted by molar-refractivity contribution is -0.142. The topological polar surface area (TPSA) is 64.3 Å². The molecule has 0 radical (unpaired) electrons. The highest BCUT2D eigenvalue weighted by molar-refractivity contribution is 5.75. The Morgan fingerprint density at radius 3 is 2.82 bits per heavy atom. The van der Waals surface area contributed by atoms with Crippen LogP contribution in [0.3, 0.4) is 0 Å². The van der Waals surface area contributed by atoms with Gasteiger partial charge in [-0.25, -0.2) is 0 Å². The van der Waals surface area contributed by atoms with Crippen molar-refractivity contribution in [2.45, 2.75) is 19.4 Å². The van der Waals surface area contributed by atoms with Gasteiger partial charge in [0.05, 0.1) is 7.11 Å². The Bertz CT molecular complexity index is 117. The number of nitrogens with two attached hydrogens (primary N) is 1. The van der Waals surface area contributed by atoms with Crippen LogP contribution in [-0.4, -0.2) is 32.2 Å². The lowest BCUT2D eigenvalue weighted by Gasteiger charge is -2.08. The molecule has 0 fully saturated rings. The molecule has 0 aliphatic rings. The Kier molecular flexibility index (Phi) is 5.78. The summed E-state index contributed by atoms with van der Waals surface area (Å²) in [5.74, 6) is -0.345. The summed E-state index contributed by atoms with van der Waals surface area (Å²) in [7, 11) is 1.34. The average Bonchev–Trinajstić information content (AvgIpc) is 2.03. The van der Waals surface area contributed by atoms with Crippen LogP contribution in [0.15, 0.2) is 0 Å². The molecule has 0 aliphatic carbocycles. The first-order valence-corrected chi connectivity index (χ1v) is 3.76. The molecule has 11 heavy (non-hydrogen) atoms. The van der Waals surface area contributed by atoms with Gasteiger partial charge in [0, 0.05) is 0 Å². The molecule has 0 aliphatic heterocycles. The summed E-state index contributed by atoms with van der Waals surface area (Å²) in [5, 5.41) is 3.07. The minimum atomic E-state index is -0.487. The van der Waals surface area contributed by atoms with Gasteiger partial charge in [0.1, 0.15) is 6.04 Å². The molecule has 0 aromatic rings. The molecule has 0 rings (SSSR count). The van der Waals surface area contributed by atoms with Gasteiger partial charge in [-0.15, -0.1) is 0 Å². The Morgan fingerprint density at radius 2 is 2.36 bits per heavy atom. The van der Waals surface area contributed by atoms with Crippen molar-refractivity contribution in [1.29, 1.82) is 0 Å². The molecule has 4 nitrogen and oxygen atoms in total. The molecule has 0 saturated carbocycles. The van der Waals surface area contributed by atoms with E-state index in [1.807, 2.05) is 6.92 Å². The summed E-state index contributed by atoms with van der Waals surface area (Å²) < 4.78 is 4.45. The van der Waals surface area contributed by atoms with Gasteiger partial charge in [-0.2, -0.15) is 0 Å². The van der Waals surface area contributed by atoms with E-state index in [1.54, 1.807) is 0 Å². The van der Waals surface area contributed by atoms with E-state index in [9.17, 15) is 4.79 Å². The zero-order valence-corrected chi connectivity index (χ0v) is 7.09. The zero-order chi connectivity index (χ0) is 8.69. The van der Waals surface area contributed by atoms with Crippen LogP contribution in [0.1, 0.15) is 13.3 Å². The van der Waals surface area contributed by atoms with E-state index in [-0.39, 0.29) is 5.97 Å². The quantitative estimate of drug-likeness (QED) is 0.420. The third-order valence-corrected chi connectivity index (χ3v) is 1.39. The smallest absolute Gasteiger partial charge is 0.322 e. The highest BCUT2D eigenvalue weighted by Gasteiger charge is 2.11. The first-order chi connectivity index (χ1) is 5.22. The number of rotatable bonds is 5. The van der Waals surface area contributed by atoms with Gasteiger partial charge in [-0.1, -0.05) is 6.92 Å². The third kappa shape index (κ3) is 4.75. The van der Waals surface area contributed by atoms with E-state index in [2.05, 4.69) is 10.1 Å². The van der Waals surface area contributed by atoms with Gasteiger partial charge < -0.3 is 15.8 Å². The van der Waals surface area contributed by atoms with Gasteiger partial charge in [0.15, 0.2) is 0 Å². The molecule has 66 valence electrons. The van der Waals surface area contributed by atoms with Crippen molar-refractivity contribution in [1.82, 2.24) is 5.32 Å². The van der Waals surface area contributed by atoms with Crippen LogP contribution < -0.4 is 11.1 Å². The number of ether oxygens (including phenoxy) is 1. The molecule has 0 saturated heterocycles. The number of carbonyl (C=O) groups is 1. The second-order valence-corrected chi connectivity index (χ2v) is 2.27. The van der Waals surface area contributed by atoms with Gasteiger partial charge in [-0.05, 0) is 19.5 Å². The maximum absolute atomic E-state index is 10.7. The molecule has 0 aromatic heterocycles. The van der Waals surface area contributed by atoms with Crippen molar-refractivity contribution in [3.05, 3.63) is 0 Å². The summed E-state index contributed by atoms with van der Waals surface area (Å²) in [6.07, 6.45) is 0.626. The Morgan fingerprint density at radius 1 is 1.73 bits per heavy atom. The van der Waals surface area contributed by atoms with Crippen LogP contribution in [-0.2, 0) is 9.53 Å². The van der Waals surface area contributed by atoms with Crippen molar-refractivity contribution in [3.8, 4) is 0 Å². The van der Waals surface area contributed by atoms with Crippen molar-refractivity contribution < 1.29 is 9.53 Å². The summed E-state index contributed by atoms with van der Waals surface area (Å²) >= 11 is 0. The second-order valence-electron chi connectivity index (χ2n) is 2.27. The summed E-state index contributed by atoms with van der Waals surface area (Å²) in [5.41, 5.74) is 5.45. The van der Waals surface area contributed by atoms with E-state index in [0.717, 1.165) is 13.1 Å². The van der Waals surface area contributed by atoms with Crippen LogP contribution in [0.4, 0.5) is 0 Å². The molecule has 0 heterocycles. The van der Waals surface area contributed by atoms with E-state index >= 15 is 0 Å². The molecule has 3 N–H and O–H groups in total. The fraction of sp³-hybridized carbons (Fsp3) is 0.857. The predicted octanol–water partition coefficient (Wildman–Crippen LogP) is -0.514. The highest BCUT2D eigenvalue weighted by atomic mass is 16.5. The van der Waals surface area contributed by atoms with Crippen molar-refractivity contribution in [2.75, 3.05) is 20.2 Å². The number of hydrogen-bond donors (Lipinski definition) is 2. The van der Waals surface area contributed by atoms with Crippen LogP contribution >= 0.6 is 0 Å². The molecule has 0 aromatic carbocycles. The minimum Gasteiger partial charge on any atom is -0.468 e.